The van der Waals surface area contributed by atoms with Gasteiger partial charge >= 0.3 is 5.65 Å². The fourth-order valence-corrected chi connectivity index (χ4v) is 13.0. The molecule has 42 heteroatoms. The van der Waals surface area contributed by atoms with Crippen molar-refractivity contribution in [2.24, 2.45) is 7.05 Å². The largest absolute Gasteiger partial charge is 0.756 e. The number of ether oxygens (including phenoxy) is 5. The van der Waals surface area contributed by atoms with Gasteiger partial charge in [-0.1, -0.05) is 4.98 Å². The van der Waals surface area contributed by atoms with Gasteiger partial charge < -0.3 is 93.1 Å². The molecule has 0 saturated carbocycles. The zero-order chi connectivity index (χ0) is 55.0. The minimum atomic E-state index is -6.56. The lowest BCUT2D eigenvalue weighted by Crippen LogP contribution is -2.46. The number of aromatic amines is 2. The zero-order valence-corrected chi connectivity index (χ0v) is 42.8. The van der Waals surface area contributed by atoms with Crippen LogP contribution in [0.25, 0.3) is 33.5 Å². The molecule has 0 aliphatic carbocycles. The topological polar surface area (TPSA) is 537 Å². The minimum absolute atomic E-state index is 0.000498. The molecule has 0 radical (unpaired) electrons. The predicted octanol–water partition coefficient (Wildman–Crippen LogP) is -5.86. The molecule has 0 amide bonds. The fraction of sp³-hybridized carbons (Fsp3) is 0.559. The summed E-state index contributed by atoms with van der Waals surface area (Å²) in [5.74, 6) is -0.230. The Morgan fingerprint density at radius 1 is 0.697 bits per heavy atom. The highest BCUT2D eigenvalue weighted by Crippen LogP contribution is 2.63. The quantitative estimate of drug-likeness (QED) is 0.0276. The van der Waals surface area contributed by atoms with Crippen molar-refractivity contribution in [3.05, 3.63) is 51.8 Å². The number of aryl methyl sites for hydroxylation is 2. The monoisotopic (exact) mass is 1160 g/mol. The minimum Gasteiger partial charge on any atom is -0.756 e. The number of phosphoric acid groups is 4. The molecule has 3 aliphatic heterocycles. The van der Waals surface area contributed by atoms with E-state index in [4.69, 9.17) is 48.7 Å². The standard InChI is InChI=1S/C34H46N14O24P4/c1-12-41-27-17(29(52)42-12)40-10-47(27)31-20(50)19(49)13(67-31)5-64-73(54,55)70-23-15(69-33(24(23)63-4)46-9-39-16-25(35)37-8-38-26(16)46)7-66-75(58,59)72-76(60,61)71-74(56,57)65-6-14-22(62-3)21(51)32(68-14)48-11-45(2)18-28(48)43-34(36)44-30(18)53/h8-11,13-15,19-24,31-33,49-51H,5-7H2,1-4H3,(H9-,35,36,37,38,41,42,43,44,52,53,54,55,56,57,58,59,60,61)/p-3. The number of aromatic nitrogens is 12. The van der Waals surface area contributed by atoms with Gasteiger partial charge in [-0.2, -0.15) is 0 Å². The number of hydrogen-bond acceptors (Lipinski definition) is 32. The Labute approximate surface area is 422 Å². The molecule has 3 aliphatic rings. The van der Waals surface area contributed by atoms with Crippen LogP contribution in [0.5, 0.6) is 0 Å². The maximum atomic E-state index is 13.6. The molecule has 3 fully saturated rings. The van der Waals surface area contributed by atoms with Crippen LogP contribution < -0.4 is 46.7 Å². The first-order chi connectivity index (χ1) is 35.7. The van der Waals surface area contributed by atoms with Crippen molar-refractivity contribution in [2.75, 3.05) is 45.5 Å². The lowest BCUT2D eigenvalue weighted by Gasteiger charge is -2.35. The van der Waals surface area contributed by atoms with Gasteiger partial charge in [0.05, 0.1) is 39.5 Å². The average molecular weight is 1160 g/mol. The smallest absolute Gasteiger partial charge is 0.313 e. The second kappa shape index (κ2) is 21.0. The lowest BCUT2D eigenvalue weighted by molar-refractivity contribution is -0.745. The first-order valence-corrected chi connectivity index (χ1v) is 27.5. The average Bonchev–Trinajstić information content (AvgIpc) is 4.18. The Bertz CT molecular complexity index is 3490. The molecule has 0 aromatic carbocycles. The first-order valence-electron chi connectivity index (χ1n) is 21.7. The number of imidazole rings is 3. The van der Waals surface area contributed by atoms with Crippen LogP contribution in [0.3, 0.4) is 0 Å². The summed E-state index contributed by atoms with van der Waals surface area (Å²) in [7, 11) is -21.1. The van der Waals surface area contributed by atoms with E-state index in [0.29, 0.717) is 0 Å². The summed E-state index contributed by atoms with van der Waals surface area (Å²) in [5.41, 5.74) is 10.1. The molecule has 9 rings (SSSR count). The number of nitrogens with zero attached hydrogens (tertiary/aromatic N) is 10. The van der Waals surface area contributed by atoms with Gasteiger partial charge in [0.25, 0.3) is 48.4 Å². The Balaban J connectivity index is 0.866. The summed E-state index contributed by atoms with van der Waals surface area (Å²) in [6, 6.07) is 0. The summed E-state index contributed by atoms with van der Waals surface area (Å²) in [4.78, 5) is 106. The van der Waals surface area contributed by atoms with Gasteiger partial charge in [-0.25, -0.2) is 38.1 Å². The number of anilines is 2. The second-order valence-corrected chi connectivity index (χ2v) is 22.7. The third kappa shape index (κ3) is 11.1. The number of hydrogen-bond donors (Lipinski definition) is 7. The number of aliphatic hydroxyl groups is 3. The van der Waals surface area contributed by atoms with Gasteiger partial charge in [-0.05, 0) is 6.92 Å². The summed E-state index contributed by atoms with van der Waals surface area (Å²) >= 11 is 0. The number of phosphoric ester groups is 3. The number of nitrogen functional groups attached to an aromatic ring is 2. The van der Waals surface area contributed by atoms with Crippen molar-refractivity contribution in [3.63, 3.8) is 0 Å². The lowest BCUT2D eigenvalue weighted by atomic mass is 10.1. The number of nitrogens with two attached hydrogens (primary N) is 2. The molecule has 416 valence electrons. The number of H-pyrrole nitrogens is 2. The van der Waals surface area contributed by atoms with Gasteiger partial charge in [0, 0.05) is 14.2 Å². The van der Waals surface area contributed by atoms with Gasteiger partial charge in [0.1, 0.15) is 72.6 Å². The van der Waals surface area contributed by atoms with Crippen LogP contribution in [0.2, 0.25) is 0 Å². The number of fused-ring (bicyclic) bond motifs is 3. The molecule has 3 saturated heterocycles. The van der Waals surface area contributed by atoms with Crippen LogP contribution in [-0.2, 0) is 75.7 Å². The van der Waals surface area contributed by atoms with Gasteiger partial charge in [0.15, 0.2) is 41.4 Å². The van der Waals surface area contributed by atoms with Crippen LogP contribution in [0.4, 0.5) is 11.8 Å². The van der Waals surface area contributed by atoms with E-state index in [1.807, 2.05) is 0 Å². The first kappa shape index (κ1) is 55.8. The summed E-state index contributed by atoms with van der Waals surface area (Å²) in [5, 5.41) is 32.8. The van der Waals surface area contributed by atoms with Gasteiger partial charge in [0.2, 0.25) is 11.7 Å². The van der Waals surface area contributed by atoms with E-state index in [1.54, 1.807) is 0 Å². The molecule has 9 N–H and O–H groups in total. The van der Waals surface area contributed by atoms with Crippen molar-refractivity contribution < 1.29 is 108 Å². The molecule has 0 bridgehead atoms. The van der Waals surface area contributed by atoms with Gasteiger partial charge in [-0.3, -0.25) is 46.5 Å². The van der Waals surface area contributed by atoms with Crippen LogP contribution in [0.1, 0.15) is 24.5 Å². The predicted molar refractivity (Wildman–Crippen MR) is 235 cm³/mol. The van der Waals surface area contributed by atoms with E-state index in [9.17, 15) is 62.7 Å². The van der Waals surface area contributed by atoms with Crippen molar-refractivity contribution in [1.82, 2.24) is 53.6 Å². The Morgan fingerprint density at radius 3 is 1.95 bits per heavy atom. The molecule has 9 heterocycles. The fourth-order valence-electron chi connectivity index (χ4n) is 8.63. The number of nitrogens with one attached hydrogen (secondary N) is 2. The zero-order valence-electron chi connectivity index (χ0n) is 39.2. The van der Waals surface area contributed by atoms with E-state index in [-0.39, 0.29) is 51.1 Å². The highest BCUT2D eigenvalue weighted by Gasteiger charge is 2.52. The molecule has 38 nitrogen and oxygen atoms in total. The summed E-state index contributed by atoms with van der Waals surface area (Å²) in [6.07, 6.45) is -15.1. The number of rotatable bonds is 20. The maximum Gasteiger partial charge on any atom is 0.313 e. The number of methoxy groups -OCH3 is 2. The molecule has 6 aromatic rings. The third-order valence-corrected chi connectivity index (χ3v) is 17.0. The Hall–Kier alpha value is -4.95. The van der Waals surface area contributed by atoms with Crippen molar-refractivity contribution in [1.29, 1.82) is 0 Å². The van der Waals surface area contributed by atoms with Crippen molar-refractivity contribution in [2.45, 2.75) is 80.5 Å². The Kier molecular flexibility index (Phi) is 15.4. The van der Waals surface area contributed by atoms with E-state index in [2.05, 4.69) is 53.0 Å². The summed E-state index contributed by atoms with van der Waals surface area (Å²) in [6.45, 7) is -2.07. The highest BCUT2D eigenvalue weighted by molar-refractivity contribution is 7.65. The third-order valence-electron chi connectivity index (χ3n) is 11.9. The van der Waals surface area contributed by atoms with Crippen molar-refractivity contribution >= 4 is 76.5 Å². The molecular weight excluding hydrogens is 1110 g/mol. The molecular formula is C34H43N14O24P4-3. The van der Waals surface area contributed by atoms with Crippen LogP contribution in [0.15, 0.2) is 34.9 Å². The second-order valence-electron chi connectivity index (χ2n) is 16.8. The molecule has 76 heavy (non-hydrogen) atoms. The van der Waals surface area contributed by atoms with E-state index in [1.165, 1.54) is 29.4 Å². The van der Waals surface area contributed by atoms with E-state index in [0.717, 1.165) is 42.3 Å². The van der Waals surface area contributed by atoms with E-state index < -0.39 is 136 Å². The maximum absolute atomic E-state index is 13.6. The molecule has 16 unspecified atom stereocenters. The van der Waals surface area contributed by atoms with E-state index >= 15 is 0 Å². The highest BCUT2D eigenvalue weighted by atomic mass is 31.3. The summed E-state index contributed by atoms with van der Waals surface area (Å²) < 4.78 is 113. The number of aliphatic hydroxyl groups excluding tert-OH is 3. The van der Waals surface area contributed by atoms with Crippen molar-refractivity contribution in [3.8, 4) is 0 Å². The molecule has 6 aromatic heterocycles. The SMILES string of the molecule is COC1C(COP(=O)([O-])OP(=O)([O-])OP(=O)([O-])OCC2OC(n3cnc4c(N)ncnc43)C(OC)C2OP(=O)([O-])OCC2OC(n3cnc4c(=O)[nH]c(C)nc43)C(O)C2O)OC([n+]2cn(C)c3c(=O)[nH]c(N)nc32)C1O. The molecule has 16 atom stereocenters. The van der Waals surface area contributed by atoms with Crippen LogP contribution >= 0.6 is 31.3 Å². The normalized spacial score (nSPS) is 30.2. The van der Waals surface area contributed by atoms with Crippen LogP contribution in [-0.4, -0.2) is 158 Å². The van der Waals surface area contributed by atoms with Crippen LogP contribution in [0, 0.1) is 6.92 Å². The Morgan fingerprint density at radius 2 is 1.29 bits per heavy atom. The van der Waals surface area contributed by atoms with Gasteiger partial charge in [-0.15, -0.1) is 0 Å². The molecule has 0 spiro atoms.